The molecule has 5 heteroatoms. The molecule has 1 aromatic heterocycles. The largest absolute Gasteiger partial charge is 0.478 e. The summed E-state index contributed by atoms with van der Waals surface area (Å²) in [6.45, 7) is 3.05. The summed E-state index contributed by atoms with van der Waals surface area (Å²) in [5, 5.41) is 12.1. The number of hydrogen-bond acceptors (Lipinski definition) is 4. The van der Waals surface area contributed by atoms with Crippen LogP contribution in [0.15, 0.2) is 12.3 Å². The van der Waals surface area contributed by atoms with Crippen molar-refractivity contribution in [3.63, 3.8) is 0 Å². The van der Waals surface area contributed by atoms with E-state index in [1.807, 2.05) is 0 Å². The van der Waals surface area contributed by atoms with E-state index in [1.165, 1.54) is 37.9 Å². The molecule has 1 heterocycles. The zero-order chi connectivity index (χ0) is 13.2. The highest BCUT2D eigenvalue weighted by Gasteiger charge is 2.41. The Morgan fingerprint density at radius 1 is 1.61 bits per heavy atom. The Kier molecular flexibility index (Phi) is 3.41. The minimum atomic E-state index is -1.01. The fraction of sp³-hybridized carbons (Fsp3) is 0.538. The molecule has 0 atom stereocenters. The van der Waals surface area contributed by atoms with Crippen molar-refractivity contribution in [3.05, 3.63) is 17.8 Å². The first-order valence-corrected chi connectivity index (χ1v) is 6.29. The van der Waals surface area contributed by atoms with Crippen LogP contribution in [0.5, 0.6) is 0 Å². The van der Waals surface area contributed by atoms with Crippen LogP contribution in [-0.2, 0) is 0 Å². The van der Waals surface area contributed by atoms with Gasteiger partial charge in [-0.1, -0.05) is 13.3 Å². The van der Waals surface area contributed by atoms with Crippen molar-refractivity contribution >= 4 is 17.5 Å². The molecule has 0 unspecified atom stereocenters. The van der Waals surface area contributed by atoms with E-state index in [0.29, 0.717) is 16.9 Å². The van der Waals surface area contributed by atoms with Gasteiger partial charge in [0.1, 0.15) is 5.82 Å². The second-order valence-corrected chi connectivity index (χ2v) is 5.07. The first kappa shape index (κ1) is 12.7. The quantitative estimate of drug-likeness (QED) is 0.720. The van der Waals surface area contributed by atoms with Crippen LogP contribution < -0.4 is 11.1 Å². The normalized spacial score (nSPS) is 16.3. The van der Waals surface area contributed by atoms with Gasteiger partial charge in [-0.2, -0.15) is 0 Å². The van der Waals surface area contributed by atoms with Crippen LogP contribution in [0, 0.1) is 5.41 Å². The summed E-state index contributed by atoms with van der Waals surface area (Å²) < 4.78 is 0. The number of nitrogen functional groups attached to an aromatic ring is 1. The van der Waals surface area contributed by atoms with Crippen LogP contribution in [0.25, 0.3) is 0 Å². The standard InChI is InChI=1S/C13H19N3O2/c1-2-3-13(4-5-13)8-16-11-10(14)6-9(7-15-11)12(17)18/h6-7H,2-5,8,14H2,1H3,(H,15,16)(H,17,18). The number of aromatic carboxylic acids is 1. The number of carboxylic acids is 1. The highest BCUT2D eigenvalue weighted by atomic mass is 16.4. The molecule has 1 aromatic rings. The minimum absolute atomic E-state index is 0.118. The highest BCUT2D eigenvalue weighted by molar-refractivity contribution is 5.89. The van der Waals surface area contributed by atoms with Gasteiger partial charge in [0.25, 0.3) is 0 Å². The maximum Gasteiger partial charge on any atom is 0.337 e. The number of rotatable bonds is 6. The number of nitrogens with one attached hydrogen (secondary N) is 1. The van der Waals surface area contributed by atoms with Crippen molar-refractivity contribution in [2.45, 2.75) is 32.6 Å². The van der Waals surface area contributed by atoms with Crippen LogP contribution in [-0.4, -0.2) is 22.6 Å². The Morgan fingerprint density at radius 2 is 2.33 bits per heavy atom. The zero-order valence-electron chi connectivity index (χ0n) is 10.6. The molecule has 98 valence electrons. The summed E-state index contributed by atoms with van der Waals surface area (Å²) in [5.41, 5.74) is 6.71. The lowest BCUT2D eigenvalue weighted by Gasteiger charge is -2.16. The summed E-state index contributed by atoms with van der Waals surface area (Å²) >= 11 is 0. The maximum absolute atomic E-state index is 10.8. The van der Waals surface area contributed by atoms with Gasteiger partial charge in [0, 0.05) is 12.7 Å². The summed E-state index contributed by atoms with van der Waals surface area (Å²) in [7, 11) is 0. The van der Waals surface area contributed by atoms with Crippen molar-refractivity contribution in [1.29, 1.82) is 0 Å². The predicted molar refractivity (Wildman–Crippen MR) is 70.7 cm³/mol. The monoisotopic (exact) mass is 249 g/mol. The molecule has 1 aliphatic rings. The summed E-state index contributed by atoms with van der Waals surface area (Å²) in [5.74, 6) is -0.423. The van der Waals surface area contributed by atoms with Gasteiger partial charge >= 0.3 is 5.97 Å². The minimum Gasteiger partial charge on any atom is -0.478 e. The molecule has 0 spiro atoms. The van der Waals surface area contributed by atoms with E-state index in [1.54, 1.807) is 0 Å². The third-order valence-corrected chi connectivity index (χ3v) is 3.53. The van der Waals surface area contributed by atoms with Crippen LogP contribution >= 0.6 is 0 Å². The Bertz CT molecular complexity index is 456. The molecule has 0 aliphatic heterocycles. The lowest BCUT2D eigenvalue weighted by molar-refractivity contribution is 0.0696. The van der Waals surface area contributed by atoms with E-state index in [9.17, 15) is 4.79 Å². The lowest BCUT2D eigenvalue weighted by Crippen LogP contribution is -2.17. The summed E-state index contributed by atoms with van der Waals surface area (Å²) in [4.78, 5) is 14.8. The van der Waals surface area contributed by atoms with Crippen LogP contribution in [0.1, 0.15) is 43.0 Å². The second kappa shape index (κ2) is 4.84. The van der Waals surface area contributed by atoms with Crippen LogP contribution in [0.3, 0.4) is 0 Å². The third-order valence-electron chi connectivity index (χ3n) is 3.53. The number of anilines is 2. The van der Waals surface area contributed by atoms with Gasteiger partial charge in [0.15, 0.2) is 0 Å². The van der Waals surface area contributed by atoms with E-state index in [0.717, 1.165) is 6.54 Å². The van der Waals surface area contributed by atoms with Crippen molar-refractivity contribution in [2.75, 3.05) is 17.6 Å². The van der Waals surface area contributed by atoms with E-state index in [-0.39, 0.29) is 5.56 Å². The molecule has 1 aliphatic carbocycles. The number of carbonyl (C=O) groups is 1. The highest BCUT2D eigenvalue weighted by Crippen LogP contribution is 2.49. The van der Waals surface area contributed by atoms with Gasteiger partial charge < -0.3 is 16.2 Å². The lowest BCUT2D eigenvalue weighted by atomic mass is 10.0. The van der Waals surface area contributed by atoms with Crippen molar-refractivity contribution in [2.24, 2.45) is 5.41 Å². The molecule has 0 saturated heterocycles. The van der Waals surface area contributed by atoms with Crippen LogP contribution in [0.2, 0.25) is 0 Å². The van der Waals surface area contributed by atoms with E-state index in [4.69, 9.17) is 10.8 Å². The zero-order valence-corrected chi connectivity index (χ0v) is 10.6. The number of aromatic nitrogens is 1. The summed E-state index contributed by atoms with van der Waals surface area (Å²) in [6.07, 6.45) is 6.23. The SMILES string of the molecule is CCCC1(CNc2ncc(C(=O)O)cc2N)CC1. The number of pyridine rings is 1. The van der Waals surface area contributed by atoms with Gasteiger partial charge in [-0.3, -0.25) is 0 Å². The number of nitrogens with zero attached hydrogens (tertiary/aromatic N) is 1. The third kappa shape index (κ3) is 2.72. The molecule has 0 aromatic carbocycles. The molecule has 4 N–H and O–H groups in total. The van der Waals surface area contributed by atoms with Crippen molar-refractivity contribution in [3.8, 4) is 0 Å². The van der Waals surface area contributed by atoms with Crippen molar-refractivity contribution in [1.82, 2.24) is 4.98 Å². The Balaban J connectivity index is 2.00. The number of hydrogen-bond donors (Lipinski definition) is 3. The molecule has 1 saturated carbocycles. The number of carboxylic acid groups (broad SMARTS) is 1. The van der Waals surface area contributed by atoms with Gasteiger partial charge in [-0.25, -0.2) is 9.78 Å². The first-order valence-electron chi connectivity index (χ1n) is 6.29. The maximum atomic E-state index is 10.8. The molecule has 0 amide bonds. The molecular formula is C13H19N3O2. The molecular weight excluding hydrogens is 230 g/mol. The molecule has 0 radical (unpaired) electrons. The topological polar surface area (TPSA) is 88.2 Å². The summed E-state index contributed by atoms with van der Waals surface area (Å²) in [6, 6.07) is 1.44. The fourth-order valence-corrected chi connectivity index (χ4v) is 2.24. The van der Waals surface area contributed by atoms with Crippen molar-refractivity contribution < 1.29 is 9.90 Å². The Hall–Kier alpha value is -1.78. The van der Waals surface area contributed by atoms with E-state index >= 15 is 0 Å². The smallest absolute Gasteiger partial charge is 0.337 e. The average molecular weight is 249 g/mol. The molecule has 0 bridgehead atoms. The second-order valence-electron chi connectivity index (χ2n) is 5.07. The van der Waals surface area contributed by atoms with Crippen LogP contribution in [0.4, 0.5) is 11.5 Å². The first-order chi connectivity index (χ1) is 8.56. The fourth-order valence-electron chi connectivity index (χ4n) is 2.24. The van der Waals surface area contributed by atoms with E-state index < -0.39 is 5.97 Å². The van der Waals surface area contributed by atoms with Gasteiger partial charge in [-0.15, -0.1) is 0 Å². The molecule has 5 nitrogen and oxygen atoms in total. The van der Waals surface area contributed by atoms with E-state index in [2.05, 4.69) is 17.2 Å². The molecule has 1 fully saturated rings. The predicted octanol–water partition coefficient (Wildman–Crippen LogP) is 2.35. The van der Waals surface area contributed by atoms with Gasteiger partial charge in [0.2, 0.25) is 0 Å². The Labute approximate surface area is 106 Å². The molecule has 2 rings (SSSR count). The van der Waals surface area contributed by atoms with Gasteiger partial charge in [-0.05, 0) is 30.7 Å². The molecule has 18 heavy (non-hydrogen) atoms. The Morgan fingerprint density at radius 3 is 2.83 bits per heavy atom. The average Bonchev–Trinajstić information content (AvgIpc) is 3.08. The number of nitrogens with two attached hydrogens (primary N) is 1. The van der Waals surface area contributed by atoms with Gasteiger partial charge in [0.05, 0.1) is 11.3 Å².